The molecular formula is C14H14N2O3S. The summed E-state index contributed by atoms with van der Waals surface area (Å²) < 4.78 is 5.76. The molecule has 0 saturated heterocycles. The predicted octanol–water partition coefficient (Wildman–Crippen LogP) is 3.30. The summed E-state index contributed by atoms with van der Waals surface area (Å²) in [5.41, 5.74) is 2.12. The lowest BCUT2D eigenvalue weighted by Gasteiger charge is -2.10. The van der Waals surface area contributed by atoms with Crippen LogP contribution in [0.3, 0.4) is 0 Å². The van der Waals surface area contributed by atoms with Gasteiger partial charge in [-0.3, -0.25) is 0 Å². The number of carboxylic acids is 1. The minimum atomic E-state index is -0.939. The number of aromatic carboxylic acids is 1. The number of aryl methyl sites for hydroxylation is 1. The van der Waals surface area contributed by atoms with Crippen LogP contribution in [0.2, 0.25) is 0 Å². The molecule has 104 valence electrons. The number of carbonyl (C=O) groups is 1. The largest absolute Gasteiger partial charge is 0.477 e. The molecule has 2 aromatic heterocycles. The number of rotatable bonds is 3. The van der Waals surface area contributed by atoms with E-state index in [1.54, 1.807) is 5.38 Å². The fraction of sp³-hybridized carbons (Fsp3) is 0.357. The molecule has 0 atom stereocenters. The molecule has 5 nitrogen and oxygen atoms in total. The van der Waals surface area contributed by atoms with Crippen molar-refractivity contribution >= 4 is 17.3 Å². The van der Waals surface area contributed by atoms with Crippen LogP contribution in [0.15, 0.2) is 17.8 Å². The normalized spacial score (nSPS) is 14.4. The third-order valence-corrected chi connectivity index (χ3v) is 4.23. The van der Waals surface area contributed by atoms with Gasteiger partial charge in [-0.1, -0.05) is 6.42 Å². The van der Waals surface area contributed by atoms with Gasteiger partial charge in [0, 0.05) is 17.0 Å². The minimum Gasteiger partial charge on any atom is -0.477 e. The number of thiophene rings is 1. The van der Waals surface area contributed by atoms with E-state index in [4.69, 9.17) is 9.84 Å². The van der Waals surface area contributed by atoms with E-state index in [9.17, 15) is 4.79 Å². The average Bonchev–Trinajstić information content (AvgIpc) is 2.76. The number of aromatic nitrogens is 2. The fourth-order valence-electron chi connectivity index (χ4n) is 2.35. The van der Waals surface area contributed by atoms with E-state index >= 15 is 0 Å². The SMILES string of the molecule is O=C(O)c1cc(Oc2ncnc3c2CCCCC3)cs1. The molecule has 0 aliphatic heterocycles. The molecule has 0 radical (unpaired) electrons. The van der Waals surface area contributed by atoms with Crippen LogP contribution in [0.25, 0.3) is 0 Å². The van der Waals surface area contributed by atoms with Gasteiger partial charge in [0.25, 0.3) is 0 Å². The lowest BCUT2D eigenvalue weighted by Crippen LogP contribution is -2.01. The Bertz CT molecular complexity index is 639. The molecule has 2 heterocycles. The second-order valence-corrected chi connectivity index (χ2v) is 5.63. The van der Waals surface area contributed by atoms with Crippen molar-refractivity contribution in [1.82, 2.24) is 9.97 Å². The van der Waals surface area contributed by atoms with Gasteiger partial charge in [-0.25, -0.2) is 14.8 Å². The van der Waals surface area contributed by atoms with Crippen molar-refractivity contribution in [1.29, 1.82) is 0 Å². The Morgan fingerprint density at radius 2 is 2.10 bits per heavy atom. The van der Waals surface area contributed by atoms with Gasteiger partial charge >= 0.3 is 5.97 Å². The summed E-state index contributed by atoms with van der Waals surface area (Å²) in [5, 5.41) is 10.6. The quantitative estimate of drug-likeness (QED) is 0.878. The van der Waals surface area contributed by atoms with Crippen molar-refractivity contribution in [3.8, 4) is 11.6 Å². The first-order valence-corrected chi connectivity index (χ1v) is 7.44. The van der Waals surface area contributed by atoms with Gasteiger partial charge in [-0.2, -0.15) is 0 Å². The van der Waals surface area contributed by atoms with Crippen molar-refractivity contribution in [2.24, 2.45) is 0 Å². The van der Waals surface area contributed by atoms with Gasteiger partial charge in [-0.05, 0) is 25.7 Å². The molecule has 0 aromatic carbocycles. The third kappa shape index (κ3) is 2.65. The molecule has 0 fully saturated rings. The molecule has 1 aliphatic rings. The molecule has 0 amide bonds. The molecule has 0 saturated carbocycles. The first-order valence-electron chi connectivity index (χ1n) is 6.56. The molecule has 1 aliphatic carbocycles. The van der Waals surface area contributed by atoms with Crippen LogP contribution in [0.4, 0.5) is 0 Å². The Morgan fingerprint density at radius 1 is 1.25 bits per heavy atom. The standard InChI is InChI=1S/C14H14N2O3S/c17-14(18)12-6-9(7-20-12)19-13-10-4-2-1-3-5-11(10)15-8-16-13/h6-8H,1-5H2,(H,17,18). The van der Waals surface area contributed by atoms with Crippen LogP contribution in [0, 0.1) is 0 Å². The van der Waals surface area contributed by atoms with Crippen LogP contribution in [0.1, 0.15) is 40.2 Å². The molecule has 0 spiro atoms. The average molecular weight is 290 g/mol. The van der Waals surface area contributed by atoms with Crippen LogP contribution in [0.5, 0.6) is 11.6 Å². The van der Waals surface area contributed by atoms with Gasteiger partial charge < -0.3 is 9.84 Å². The molecule has 20 heavy (non-hydrogen) atoms. The highest BCUT2D eigenvalue weighted by Gasteiger charge is 2.17. The lowest BCUT2D eigenvalue weighted by atomic mass is 10.1. The molecular weight excluding hydrogens is 276 g/mol. The van der Waals surface area contributed by atoms with E-state index in [0.29, 0.717) is 11.6 Å². The first kappa shape index (κ1) is 13.1. The zero-order valence-corrected chi connectivity index (χ0v) is 11.7. The Kier molecular flexibility index (Phi) is 3.64. The van der Waals surface area contributed by atoms with Crippen molar-refractivity contribution in [2.75, 3.05) is 0 Å². The lowest BCUT2D eigenvalue weighted by molar-refractivity contribution is 0.0702. The van der Waals surface area contributed by atoms with Crippen molar-refractivity contribution in [3.63, 3.8) is 0 Å². The van der Waals surface area contributed by atoms with Gasteiger partial charge in [0.05, 0.1) is 5.69 Å². The molecule has 0 unspecified atom stereocenters. The smallest absolute Gasteiger partial charge is 0.346 e. The molecule has 2 aromatic rings. The molecule has 1 N–H and O–H groups in total. The summed E-state index contributed by atoms with van der Waals surface area (Å²) in [6, 6.07) is 1.53. The zero-order valence-electron chi connectivity index (χ0n) is 10.8. The fourth-order valence-corrected chi connectivity index (χ4v) is 3.00. The number of ether oxygens (including phenoxy) is 1. The van der Waals surface area contributed by atoms with E-state index < -0.39 is 5.97 Å². The Labute approximate surface area is 120 Å². The second-order valence-electron chi connectivity index (χ2n) is 4.72. The number of hydrogen-bond acceptors (Lipinski definition) is 5. The molecule has 6 heteroatoms. The summed E-state index contributed by atoms with van der Waals surface area (Å²) in [6.45, 7) is 0. The summed E-state index contributed by atoms with van der Waals surface area (Å²) in [7, 11) is 0. The van der Waals surface area contributed by atoms with Crippen LogP contribution in [-0.2, 0) is 12.8 Å². The van der Waals surface area contributed by atoms with Gasteiger partial charge in [-0.15, -0.1) is 11.3 Å². The van der Waals surface area contributed by atoms with E-state index in [2.05, 4.69) is 9.97 Å². The van der Waals surface area contributed by atoms with E-state index in [-0.39, 0.29) is 4.88 Å². The van der Waals surface area contributed by atoms with Crippen LogP contribution >= 0.6 is 11.3 Å². The summed E-state index contributed by atoms with van der Waals surface area (Å²) in [5.74, 6) is 0.149. The predicted molar refractivity (Wildman–Crippen MR) is 74.6 cm³/mol. The molecule has 0 bridgehead atoms. The highest BCUT2D eigenvalue weighted by molar-refractivity contribution is 7.12. The van der Waals surface area contributed by atoms with E-state index in [1.807, 2.05) is 0 Å². The Balaban J connectivity index is 1.88. The summed E-state index contributed by atoms with van der Waals surface area (Å²) in [6.07, 6.45) is 6.84. The topological polar surface area (TPSA) is 72.3 Å². The highest BCUT2D eigenvalue weighted by atomic mass is 32.1. The van der Waals surface area contributed by atoms with E-state index in [0.717, 1.165) is 48.3 Å². The van der Waals surface area contributed by atoms with Crippen LogP contribution in [-0.4, -0.2) is 21.0 Å². The number of carboxylic acid groups (broad SMARTS) is 1. The van der Waals surface area contributed by atoms with E-state index in [1.165, 1.54) is 18.8 Å². The second kappa shape index (κ2) is 5.58. The van der Waals surface area contributed by atoms with Crippen molar-refractivity contribution < 1.29 is 14.6 Å². The summed E-state index contributed by atoms with van der Waals surface area (Å²) >= 11 is 1.15. The maximum Gasteiger partial charge on any atom is 0.346 e. The molecule has 3 rings (SSSR count). The monoisotopic (exact) mass is 290 g/mol. The highest BCUT2D eigenvalue weighted by Crippen LogP contribution is 2.31. The summed E-state index contributed by atoms with van der Waals surface area (Å²) in [4.78, 5) is 19.7. The maximum absolute atomic E-state index is 10.9. The Morgan fingerprint density at radius 3 is 2.90 bits per heavy atom. The number of hydrogen-bond donors (Lipinski definition) is 1. The number of fused-ring (bicyclic) bond motifs is 1. The minimum absolute atomic E-state index is 0.264. The van der Waals surface area contributed by atoms with Crippen LogP contribution < -0.4 is 4.74 Å². The Hall–Kier alpha value is -1.95. The van der Waals surface area contributed by atoms with Crippen molar-refractivity contribution in [3.05, 3.63) is 33.9 Å². The van der Waals surface area contributed by atoms with Gasteiger partial charge in [0.15, 0.2) is 0 Å². The third-order valence-electron chi connectivity index (χ3n) is 3.34. The first-order chi connectivity index (χ1) is 9.74. The zero-order chi connectivity index (χ0) is 13.9. The van der Waals surface area contributed by atoms with Gasteiger partial charge in [0.1, 0.15) is 17.0 Å². The van der Waals surface area contributed by atoms with Crippen molar-refractivity contribution in [2.45, 2.75) is 32.1 Å². The van der Waals surface area contributed by atoms with Gasteiger partial charge in [0.2, 0.25) is 5.88 Å². The number of nitrogens with zero attached hydrogens (tertiary/aromatic N) is 2. The maximum atomic E-state index is 10.9.